The number of anilines is 2. The fourth-order valence-electron chi connectivity index (χ4n) is 2.95. The number of hydrogen-bond acceptors (Lipinski definition) is 5. The van der Waals surface area contributed by atoms with E-state index in [-0.39, 0.29) is 22.9 Å². The summed E-state index contributed by atoms with van der Waals surface area (Å²) in [6.07, 6.45) is 2.51. The van der Waals surface area contributed by atoms with Gasteiger partial charge in [-0.1, -0.05) is 30.3 Å². The fraction of sp³-hybridized carbons (Fsp3) is 0.136. The molecule has 1 aromatic heterocycles. The number of hydrogen-bond donors (Lipinski definition) is 2. The normalized spacial score (nSPS) is 10.2. The summed E-state index contributed by atoms with van der Waals surface area (Å²) in [7, 11) is 1.25. The number of esters is 1. The standard InChI is InChI=1S/C22H20N4O3/c1-29-22(28)21-20(24)16(13-23)14-26(21)18-10-8-17(9-11-18)25-19(27)12-7-15-5-3-2-4-6-15/h2-6,8-11,14H,7,12,24H2,1H3,(H,25,27). The smallest absolute Gasteiger partial charge is 0.357 e. The van der Waals surface area contributed by atoms with Crippen molar-refractivity contribution in [3.05, 3.63) is 77.6 Å². The molecule has 3 N–H and O–H groups in total. The molecule has 1 heterocycles. The molecule has 7 nitrogen and oxygen atoms in total. The SMILES string of the molecule is COC(=O)c1c(N)c(C#N)cn1-c1ccc(NC(=O)CCc2ccccc2)cc1. The second kappa shape index (κ2) is 8.76. The lowest BCUT2D eigenvalue weighted by Crippen LogP contribution is -2.13. The summed E-state index contributed by atoms with van der Waals surface area (Å²) in [6, 6.07) is 18.6. The summed E-state index contributed by atoms with van der Waals surface area (Å²) >= 11 is 0. The Labute approximate surface area is 168 Å². The molecule has 3 rings (SSSR count). The lowest BCUT2D eigenvalue weighted by molar-refractivity contribution is -0.116. The lowest BCUT2D eigenvalue weighted by atomic mass is 10.1. The maximum absolute atomic E-state index is 12.2. The van der Waals surface area contributed by atoms with E-state index >= 15 is 0 Å². The molecule has 1 amide bonds. The monoisotopic (exact) mass is 388 g/mol. The topological polar surface area (TPSA) is 110 Å². The van der Waals surface area contributed by atoms with Crippen molar-refractivity contribution in [1.29, 1.82) is 5.26 Å². The number of carbonyl (C=O) groups is 2. The largest absolute Gasteiger partial charge is 0.464 e. The quantitative estimate of drug-likeness (QED) is 0.630. The van der Waals surface area contributed by atoms with Gasteiger partial charge in [0.1, 0.15) is 6.07 Å². The van der Waals surface area contributed by atoms with E-state index in [0.717, 1.165) is 5.56 Å². The van der Waals surface area contributed by atoms with Crippen LogP contribution in [0.5, 0.6) is 0 Å². The summed E-state index contributed by atoms with van der Waals surface area (Å²) in [6.45, 7) is 0. The van der Waals surface area contributed by atoms with Gasteiger partial charge in [0.15, 0.2) is 5.69 Å². The number of aromatic nitrogens is 1. The van der Waals surface area contributed by atoms with Gasteiger partial charge in [-0.05, 0) is 36.2 Å². The highest BCUT2D eigenvalue weighted by atomic mass is 16.5. The van der Waals surface area contributed by atoms with E-state index in [0.29, 0.717) is 24.2 Å². The van der Waals surface area contributed by atoms with Gasteiger partial charge in [0.2, 0.25) is 5.91 Å². The number of nitrogens with one attached hydrogen (secondary N) is 1. The van der Waals surface area contributed by atoms with Crippen LogP contribution in [0, 0.1) is 11.3 Å². The number of nitriles is 1. The third-order valence-corrected chi connectivity index (χ3v) is 4.46. The van der Waals surface area contributed by atoms with Crippen LogP contribution in [0.15, 0.2) is 60.8 Å². The van der Waals surface area contributed by atoms with Crippen molar-refractivity contribution >= 4 is 23.3 Å². The Hall–Kier alpha value is -4.05. The molecule has 3 aromatic rings. The van der Waals surface area contributed by atoms with Crippen LogP contribution in [0.25, 0.3) is 5.69 Å². The highest BCUT2D eigenvalue weighted by molar-refractivity contribution is 5.96. The summed E-state index contributed by atoms with van der Waals surface area (Å²) in [4.78, 5) is 24.2. The van der Waals surface area contributed by atoms with E-state index in [1.165, 1.54) is 17.9 Å². The molecule has 0 saturated heterocycles. The number of nitrogens with zero attached hydrogens (tertiary/aromatic N) is 2. The van der Waals surface area contributed by atoms with Crippen molar-refractivity contribution in [2.75, 3.05) is 18.2 Å². The average molecular weight is 388 g/mol. The number of aryl methyl sites for hydroxylation is 1. The van der Waals surface area contributed by atoms with E-state index in [9.17, 15) is 14.9 Å². The molecule has 7 heteroatoms. The van der Waals surface area contributed by atoms with E-state index < -0.39 is 5.97 Å². The van der Waals surface area contributed by atoms with Crippen LogP contribution in [0.1, 0.15) is 28.0 Å². The molecule has 0 unspecified atom stereocenters. The minimum atomic E-state index is -0.637. The number of rotatable bonds is 6. The van der Waals surface area contributed by atoms with Gasteiger partial charge in [0.05, 0.1) is 18.4 Å². The van der Waals surface area contributed by atoms with Gasteiger partial charge in [-0.3, -0.25) is 4.79 Å². The summed E-state index contributed by atoms with van der Waals surface area (Å²) < 4.78 is 6.27. The van der Waals surface area contributed by atoms with E-state index in [1.54, 1.807) is 24.3 Å². The number of benzene rings is 2. The summed E-state index contributed by atoms with van der Waals surface area (Å²) in [5.41, 5.74) is 8.59. The molecule has 0 fully saturated rings. The molecule has 0 atom stereocenters. The van der Waals surface area contributed by atoms with Crippen molar-refractivity contribution in [3.63, 3.8) is 0 Å². The van der Waals surface area contributed by atoms with Crippen molar-refractivity contribution < 1.29 is 14.3 Å². The van der Waals surface area contributed by atoms with Crippen LogP contribution in [-0.2, 0) is 16.0 Å². The minimum Gasteiger partial charge on any atom is -0.464 e. The molecule has 0 aliphatic carbocycles. The van der Waals surface area contributed by atoms with Gasteiger partial charge < -0.3 is 20.4 Å². The first-order valence-electron chi connectivity index (χ1n) is 8.97. The van der Waals surface area contributed by atoms with Crippen LogP contribution in [0.4, 0.5) is 11.4 Å². The minimum absolute atomic E-state index is 0.0673. The highest BCUT2D eigenvalue weighted by Crippen LogP contribution is 2.25. The molecule has 146 valence electrons. The van der Waals surface area contributed by atoms with Gasteiger partial charge in [-0.2, -0.15) is 5.26 Å². The molecular formula is C22H20N4O3. The Balaban J connectivity index is 1.73. The van der Waals surface area contributed by atoms with Crippen molar-refractivity contribution in [2.45, 2.75) is 12.8 Å². The molecule has 0 spiro atoms. The number of nitrogens with two attached hydrogens (primary N) is 1. The lowest BCUT2D eigenvalue weighted by Gasteiger charge is -2.10. The second-order valence-electron chi connectivity index (χ2n) is 6.36. The van der Waals surface area contributed by atoms with E-state index in [2.05, 4.69) is 5.32 Å². The van der Waals surface area contributed by atoms with Crippen LogP contribution in [0.3, 0.4) is 0 Å². The molecule has 0 saturated carbocycles. The van der Waals surface area contributed by atoms with E-state index in [1.807, 2.05) is 36.4 Å². The Morgan fingerprint density at radius 1 is 1.14 bits per heavy atom. The zero-order chi connectivity index (χ0) is 20.8. The summed E-state index contributed by atoms with van der Waals surface area (Å²) in [5, 5.41) is 12.0. The zero-order valence-electron chi connectivity index (χ0n) is 15.9. The number of amides is 1. The van der Waals surface area contributed by atoms with Gasteiger partial charge in [0.25, 0.3) is 0 Å². The second-order valence-corrected chi connectivity index (χ2v) is 6.36. The first-order chi connectivity index (χ1) is 14.0. The van der Waals surface area contributed by atoms with Gasteiger partial charge >= 0.3 is 5.97 Å². The molecule has 0 radical (unpaired) electrons. The molecule has 29 heavy (non-hydrogen) atoms. The van der Waals surface area contributed by atoms with Crippen molar-refractivity contribution in [1.82, 2.24) is 4.57 Å². The third-order valence-electron chi connectivity index (χ3n) is 4.46. The van der Waals surface area contributed by atoms with Crippen LogP contribution in [-0.4, -0.2) is 23.6 Å². The maximum atomic E-state index is 12.2. The Bertz CT molecular complexity index is 1060. The number of carbonyl (C=O) groups excluding carboxylic acids is 2. The first kappa shape index (κ1) is 19.7. The number of ether oxygens (including phenoxy) is 1. The summed E-state index contributed by atoms with van der Waals surface area (Å²) in [5.74, 6) is -0.726. The molecule has 0 bridgehead atoms. The predicted octanol–water partition coefficient (Wildman–Crippen LogP) is 3.29. The van der Waals surface area contributed by atoms with Crippen LogP contribution < -0.4 is 11.1 Å². The van der Waals surface area contributed by atoms with Crippen molar-refractivity contribution in [2.24, 2.45) is 0 Å². The Kier molecular flexibility index (Phi) is 5.95. The first-order valence-corrected chi connectivity index (χ1v) is 8.97. The van der Waals surface area contributed by atoms with Crippen LogP contribution >= 0.6 is 0 Å². The molecular weight excluding hydrogens is 368 g/mol. The Morgan fingerprint density at radius 2 is 1.83 bits per heavy atom. The van der Waals surface area contributed by atoms with Gasteiger partial charge in [-0.25, -0.2) is 4.79 Å². The highest BCUT2D eigenvalue weighted by Gasteiger charge is 2.21. The number of nitrogen functional groups attached to an aromatic ring is 1. The maximum Gasteiger partial charge on any atom is 0.357 e. The molecule has 0 aliphatic heterocycles. The predicted molar refractivity (Wildman–Crippen MR) is 110 cm³/mol. The fourth-order valence-corrected chi connectivity index (χ4v) is 2.95. The van der Waals surface area contributed by atoms with Gasteiger partial charge in [-0.15, -0.1) is 0 Å². The van der Waals surface area contributed by atoms with Crippen molar-refractivity contribution in [3.8, 4) is 11.8 Å². The zero-order valence-corrected chi connectivity index (χ0v) is 15.9. The number of methoxy groups -OCH3 is 1. The third kappa shape index (κ3) is 4.45. The average Bonchev–Trinajstić information content (AvgIpc) is 3.09. The van der Waals surface area contributed by atoms with E-state index in [4.69, 9.17) is 10.5 Å². The Morgan fingerprint density at radius 3 is 2.45 bits per heavy atom. The molecule has 0 aliphatic rings. The molecule has 2 aromatic carbocycles. The van der Waals surface area contributed by atoms with Crippen LogP contribution in [0.2, 0.25) is 0 Å². The van der Waals surface area contributed by atoms with Gasteiger partial charge in [0, 0.05) is 24.0 Å².